The summed E-state index contributed by atoms with van der Waals surface area (Å²) in [5.41, 5.74) is 3.49. The predicted octanol–water partition coefficient (Wildman–Crippen LogP) is 4.31. The molecule has 1 N–H and O–H groups in total. The van der Waals surface area contributed by atoms with Crippen LogP contribution in [0.2, 0.25) is 0 Å². The maximum Gasteiger partial charge on any atom is 0.416 e. The zero-order valence-corrected chi connectivity index (χ0v) is 29.0. The smallest absolute Gasteiger partial charge is 0.416 e. The molecule has 14 heteroatoms. The number of anilines is 1. The molecule has 3 aromatic rings. The van der Waals surface area contributed by atoms with Gasteiger partial charge in [0.05, 0.1) is 42.8 Å². The van der Waals surface area contributed by atoms with Crippen molar-refractivity contribution in [1.82, 2.24) is 9.62 Å². The summed E-state index contributed by atoms with van der Waals surface area (Å²) in [4.78, 5) is 42.9. The number of hydrogen-bond donors (Lipinski definition) is 1. The summed E-state index contributed by atoms with van der Waals surface area (Å²) in [6.07, 6.45) is 1.96. The molecule has 0 saturated heterocycles. The van der Waals surface area contributed by atoms with E-state index in [1.165, 1.54) is 57.6 Å². The number of fused-ring (bicyclic) bond motifs is 2. The number of hydrogen-bond acceptors (Lipinski definition) is 10. The number of carbonyl (C=O) groups excluding carboxylic acids is 3. The fourth-order valence-corrected chi connectivity index (χ4v) is 6.73. The van der Waals surface area contributed by atoms with E-state index in [1.54, 1.807) is 23.1 Å². The van der Waals surface area contributed by atoms with Crippen LogP contribution in [0.1, 0.15) is 33.5 Å². The second-order valence-corrected chi connectivity index (χ2v) is 13.3. The second kappa shape index (κ2) is 15.6. The van der Waals surface area contributed by atoms with Gasteiger partial charge < -0.3 is 28.6 Å². The van der Waals surface area contributed by atoms with Gasteiger partial charge in [0.1, 0.15) is 13.2 Å². The van der Waals surface area contributed by atoms with Gasteiger partial charge in [-0.05, 0) is 53.9 Å². The van der Waals surface area contributed by atoms with Crippen LogP contribution in [0, 0.1) is 0 Å². The second-order valence-electron chi connectivity index (χ2n) is 11.4. The minimum atomic E-state index is -3.63. The molecule has 2 amide bonds. The number of rotatable bonds is 12. The molecule has 0 aromatic heterocycles. The van der Waals surface area contributed by atoms with Gasteiger partial charge in [-0.25, -0.2) is 22.8 Å². The molecule has 2 aliphatic rings. The number of nitrogens with zero attached hydrogens (tertiary/aromatic N) is 2. The summed E-state index contributed by atoms with van der Waals surface area (Å²) in [7, 11) is 1.95. The summed E-state index contributed by atoms with van der Waals surface area (Å²) in [6, 6.07) is 16.1. The minimum Gasteiger partial charge on any atom is -0.493 e. The van der Waals surface area contributed by atoms with Crippen LogP contribution in [-0.4, -0.2) is 85.1 Å². The molecular weight excluding hydrogens is 666 g/mol. The molecule has 3 aromatic carbocycles. The zero-order chi connectivity index (χ0) is 36.0. The van der Waals surface area contributed by atoms with Crippen molar-refractivity contribution in [3.63, 3.8) is 0 Å². The molecule has 2 atom stereocenters. The Morgan fingerprint density at radius 1 is 1.02 bits per heavy atom. The summed E-state index contributed by atoms with van der Waals surface area (Å²) in [5.74, 6) is -0.214. The number of nitrogens with one attached hydrogen (secondary N) is 1. The first-order valence-corrected chi connectivity index (χ1v) is 17.2. The molecule has 0 saturated carbocycles. The molecule has 1 unspecified atom stereocenters. The van der Waals surface area contributed by atoms with Crippen molar-refractivity contribution in [1.29, 1.82) is 0 Å². The first kappa shape index (κ1) is 36.1. The van der Waals surface area contributed by atoms with E-state index in [4.69, 9.17) is 23.7 Å². The van der Waals surface area contributed by atoms with E-state index in [0.717, 1.165) is 22.3 Å². The van der Waals surface area contributed by atoms with Crippen LogP contribution in [0.4, 0.5) is 10.5 Å². The van der Waals surface area contributed by atoms with Crippen molar-refractivity contribution >= 4 is 39.3 Å². The Balaban J connectivity index is 1.52. The van der Waals surface area contributed by atoms with Crippen molar-refractivity contribution in [3.8, 4) is 11.5 Å². The fraction of sp³-hybridized carbons (Fsp3) is 0.306. The molecule has 2 heterocycles. The van der Waals surface area contributed by atoms with Crippen LogP contribution < -0.4 is 19.1 Å². The van der Waals surface area contributed by atoms with Gasteiger partial charge in [0, 0.05) is 19.7 Å². The van der Waals surface area contributed by atoms with Crippen molar-refractivity contribution in [2.24, 2.45) is 0 Å². The van der Waals surface area contributed by atoms with Crippen LogP contribution in [-0.2, 0) is 42.1 Å². The van der Waals surface area contributed by atoms with E-state index < -0.39 is 28.4 Å². The molecule has 0 spiro atoms. The first-order valence-electron chi connectivity index (χ1n) is 15.7. The Labute approximate surface area is 291 Å². The average molecular weight is 706 g/mol. The highest BCUT2D eigenvalue weighted by molar-refractivity contribution is 7.89. The van der Waals surface area contributed by atoms with Crippen molar-refractivity contribution in [3.05, 3.63) is 102 Å². The molecule has 264 valence electrons. The zero-order valence-electron chi connectivity index (χ0n) is 28.2. The Morgan fingerprint density at radius 3 is 2.42 bits per heavy atom. The van der Waals surface area contributed by atoms with Crippen molar-refractivity contribution < 1.29 is 46.5 Å². The molecular formula is C36H39N3O10S. The number of benzene rings is 3. The number of methoxy groups -OCH3 is 3. The maximum absolute atomic E-state index is 14.3. The van der Waals surface area contributed by atoms with E-state index in [1.807, 2.05) is 30.3 Å². The molecule has 5 rings (SSSR count). The maximum atomic E-state index is 14.3. The van der Waals surface area contributed by atoms with E-state index in [2.05, 4.69) is 11.3 Å². The summed E-state index contributed by atoms with van der Waals surface area (Å²) in [6.45, 7) is 3.83. The molecule has 0 aliphatic carbocycles. The predicted molar refractivity (Wildman–Crippen MR) is 184 cm³/mol. The van der Waals surface area contributed by atoms with E-state index in [-0.39, 0.29) is 72.1 Å². The van der Waals surface area contributed by atoms with Gasteiger partial charge in [0.25, 0.3) is 5.91 Å². The first-order chi connectivity index (χ1) is 24.0. The lowest BCUT2D eigenvalue weighted by Gasteiger charge is -2.40. The van der Waals surface area contributed by atoms with Gasteiger partial charge in [-0.1, -0.05) is 55.1 Å². The summed E-state index contributed by atoms with van der Waals surface area (Å²) in [5, 5.41) is 0. The third-order valence-electron chi connectivity index (χ3n) is 8.51. The number of sulfonamides is 1. The largest absolute Gasteiger partial charge is 0.493 e. The average Bonchev–Trinajstić information content (AvgIpc) is 3.23. The number of amides is 2. The van der Waals surface area contributed by atoms with Gasteiger partial charge in [-0.2, -0.15) is 0 Å². The molecule has 0 bridgehead atoms. The van der Waals surface area contributed by atoms with Crippen LogP contribution in [0.3, 0.4) is 0 Å². The minimum absolute atomic E-state index is 0.0854. The van der Waals surface area contributed by atoms with Crippen LogP contribution in [0.15, 0.2) is 84.3 Å². The quantitative estimate of drug-likeness (QED) is 0.213. The van der Waals surface area contributed by atoms with Crippen LogP contribution in [0.5, 0.6) is 11.5 Å². The van der Waals surface area contributed by atoms with E-state index >= 15 is 0 Å². The summed E-state index contributed by atoms with van der Waals surface area (Å²) < 4.78 is 55.0. The lowest BCUT2D eigenvalue weighted by atomic mass is 9.93. The molecule has 2 aliphatic heterocycles. The molecule has 0 fully saturated rings. The Bertz CT molecular complexity index is 1910. The van der Waals surface area contributed by atoms with Gasteiger partial charge in [0.15, 0.2) is 17.7 Å². The normalized spacial score (nSPS) is 17.1. The Kier molecular flexibility index (Phi) is 11.2. The number of ether oxygens (including phenoxy) is 5. The molecule has 0 radical (unpaired) electrons. The topological polar surface area (TPSA) is 150 Å². The third kappa shape index (κ3) is 7.52. The van der Waals surface area contributed by atoms with Crippen molar-refractivity contribution in [2.45, 2.75) is 36.6 Å². The Hall–Kier alpha value is -5.18. The highest BCUT2D eigenvalue weighted by Crippen LogP contribution is 2.42. The SMILES string of the molecule is C=CCOC(=O)N1c2cc(OCc3cccc(CC(=O)OC)c3)c(OC)cc2C(=O)N2CC=C(c3ccc(S(=O)(=O)NC)cc3)C[C@H]2C1OC. The number of carbonyl (C=O) groups is 3. The lowest BCUT2D eigenvalue weighted by molar-refractivity contribution is -0.139. The van der Waals surface area contributed by atoms with Crippen LogP contribution >= 0.6 is 0 Å². The Morgan fingerprint density at radius 2 is 1.76 bits per heavy atom. The monoisotopic (exact) mass is 705 g/mol. The van der Waals surface area contributed by atoms with Gasteiger partial charge in [-0.3, -0.25) is 9.59 Å². The molecule has 13 nitrogen and oxygen atoms in total. The third-order valence-corrected chi connectivity index (χ3v) is 9.94. The van der Waals surface area contributed by atoms with Crippen LogP contribution in [0.25, 0.3) is 5.57 Å². The number of esters is 1. The van der Waals surface area contributed by atoms with Gasteiger partial charge in [-0.15, -0.1) is 0 Å². The molecule has 50 heavy (non-hydrogen) atoms. The highest BCUT2D eigenvalue weighted by atomic mass is 32.2. The fourth-order valence-electron chi connectivity index (χ4n) is 6.00. The standard InChI is InChI=1S/C36H39N3O10S/c1-6-16-48-36(42)39-29-21-32(49-22-24-9-7-8-23(17-24)18-33(40)46-4)31(45-3)20-28(29)34(41)38-15-14-26(19-30(38)35(39)47-5)25-10-12-27(13-11-25)50(43,44)37-2/h6-14,17,20-21,30,35,37H,1,15-16,18-19,22H2,2-5H3/t30-,35?/m0/s1. The van der Waals surface area contributed by atoms with Gasteiger partial charge >= 0.3 is 12.1 Å². The van der Waals surface area contributed by atoms with Crippen molar-refractivity contribution in [2.75, 3.05) is 46.4 Å². The highest BCUT2D eigenvalue weighted by Gasteiger charge is 2.45. The lowest BCUT2D eigenvalue weighted by Crippen LogP contribution is -2.55. The van der Waals surface area contributed by atoms with E-state index in [0.29, 0.717) is 0 Å². The summed E-state index contributed by atoms with van der Waals surface area (Å²) >= 11 is 0. The van der Waals surface area contributed by atoms with E-state index in [9.17, 15) is 22.8 Å². The van der Waals surface area contributed by atoms with Gasteiger partial charge in [0.2, 0.25) is 10.0 Å².